The van der Waals surface area contributed by atoms with Gasteiger partial charge < -0.3 is 16.2 Å². The number of aliphatic imine (C=N–C) groups is 1. The van der Waals surface area contributed by atoms with Crippen LogP contribution in [0.2, 0.25) is 0 Å². The van der Waals surface area contributed by atoms with Gasteiger partial charge in [0.05, 0.1) is 18.7 Å². The van der Waals surface area contributed by atoms with Crippen molar-refractivity contribution in [2.45, 2.75) is 24.9 Å². The summed E-state index contributed by atoms with van der Waals surface area (Å²) < 4.78 is 0. The number of benzene rings is 1. The van der Waals surface area contributed by atoms with Crippen molar-refractivity contribution in [3.8, 4) is 0 Å². The van der Waals surface area contributed by atoms with E-state index >= 15 is 0 Å². The molecule has 16 heavy (non-hydrogen) atoms. The van der Waals surface area contributed by atoms with Crippen molar-refractivity contribution in [2.24, 2.45) is 10.7 Å². The first-order chi connectivity index (χ1) is 7.79. The molecular weight excluding hydrogens is 202 g/mol. The summed E-state index contributed by atoms with van der Waals surface area (Å²) in [7, 11) is 0. The molecule has 0 aliphatic heterocycles. The smallest absolute Gasteiger partial charge is 0.189 e. The van der Waals surface area contributed by atoms with E-state index < -0.39 is 0 Å². The van der Waals surface area contributed by atoms with Gasteiger partial charge in [0.1, 0.15) is 0 Å². The Kier molecular flexibility index (Phi) is 3.41. The monoisotopic (exact) mass is 219 g/mol. The van der Waals surface area contributed by atoms with Gasteiger partial charge in [-0.1, -0.05) is 30.3 Å². The van der Waals surface area contributed by atoms with Gasteiger partial charge in [-0.05, 0) is 18.4 Å². The second-order valence-electron chi connectivity index (χ2n) is 4.04. The number of rotatable bonds is 4. The highest BCUT2D eigenvalue weighted by Gasteiger charge is 2.21. The van der Waals surface area contributed by atoms with Crippen molar-refractivity contribution < 1.29 is 5.11 Å². The molecule has 0 saturated heterocycles. The first-order valence-corrected chi connectivity index (χ1v) is 5.55. The number of aliphatic hydroxyl groups is 1. The Hall–Kier alpha value is -1.55. The first kappa shape index (κ1) is 11.0. The third-order valence-corrected chi connectivity index (χ3v) is 2.58. The molecule has 1 aliphatic carbocycles. The maximum absolute atomic E-state index is 9.31. The molecule has 4 heteroatoms. The van der Waals surface area contributed by atoms with Crippen molar-refractivity contribution in [3.63, 3.8) is 0 Å². The lowest BCUT2D eigenvalue weighted by Gasteiger charge is -2.17. The van der Waals surface area contributed by atoms with Gasteiger partial charge in [0, 0.05) is 0 Å². The summed E-state index contributed by atoms with van der Waals surface area (Å²) in [6, 6.07) is 9.95. The molecule has 0 spiro atoms. The topological polar surface area (TPSA) is 70.6 Å². The Balaban J connectivity index is 2.00. The van der Waals surface area contributed by atoms with E-state index in [1.807, 2.05) is 30.3 Å². The molecule has 4 N–H and O–H groups in total. The van der Waals surface area contributed by atoms with Crippen LogP contribution in [0.3, 0.4) is 0 Å². The molecule has 1 unspecified atom stereocenters. The third-order valence-electron chi connectivity index (χ3n) is 2.58. The van der Waals surface area contributed by atoms with Gasteiger partial charge in [-0.2, -0.15) is 0 Å². The first-order valence-electron chi connectivity index (χ1n) is 5.55. The van der Waals surface area contributed by atoms with Crippen LogP contribution in [0.25, 0.3) is 0 Å². The zero-order valence-corrected chi connectivity index (χ0v) is 9.13. The highest BCUT2D eigenvalue weighted by molar-refractivity contribution is 5.78. The summed E-state index contributed by atoms with van der Waals surface area (Å²) in [6.45, 7) is 0.00486. The lowest BCUT2D eigenvalue weighted by atomic mass is 10.1. The van der Waals surface area contributed by atoms with Crippen molar-refractivity contribution in [3.05, 3.63) is 35.9 Å². The van der Waals surface area contributed by atoms with Gasteiger partial charge in [0.15, 0.2) is 5.96 Å². The third kappa shape index (κ3) is 2.97. The van der Waals surface area contributed by atoms with E-state index in [4.69, 9.17) is 5.73 Å². The molecule has 1 atom stereocenters. The Morgan fingerprint density at radius 3 is 2.69 bits per heavy atom. The average molecular weight is 219 g/mol. The maximum atomic E-state index is 9.31. The molecule has 86 valence electrons. The van der Waals surface area contributed by atoms with E-state index in [2.05, 4.69) is 10.3 Å². The minimum absolute atomic E-state index is 0.00486. The molecule has 1 aromatic rings. The normalized spacial score (nSPS) is 18.2. The van der Waals surface area contributed by atoms with Crippen molar-refractivity contribution in [2.75, 3.05) is 6.61 Å². The summed E-state index contributed by atoms with van der Waals surface area (Å²) >= 11 is 0. The quantitative estimate of drug-likeness (QED) is 0.518. The van der Waals surface area contributed by atoms with Crippen LogP contribution in [0.4, 0.5) is 0 Å². The van der Waals surface area contributed by atoms with Crippen LogP contribution in [-0.4, -0.2) is 23.7 Å². The fourth-order valence-corrected chi connectivity index (χ4v) is 1.54. The molecule has 0 aromatic heterocycles. The van der Waals surface area contributed by atoms with Gasteiger partial charge >= 0.3 is 0 Å². The molecule has 1 aliphatic rings. The predicted octanol–water partition coefficient (Wildman–Crippen LogP) is 0.787. The number of nitrogens with zero attached hydrogens (tertiary/aromatic N) is 1. The Labute approximate surface area is 95.2 Å². The van der Waals surface area contributed by atoms with E-state index in [-0.39, 0.29) is 12.6 Å². The minimum atomic E-state index is -0.177. The molecule has 2 rings (SSSR count). The van der Waals surface area contributed by atoms with Gasteiger partial charge in [0.2, 0.25) is 0 Å². The zero-order chi connectivity index (χ0) is 11.4. The molecule has 0 heterocycles. The maximum Gasteiger partial charge on any atom is 0.189 e. The van der Waals surface area contributed by atoms with E-state index in [0.29, 0.717) is 12.0 Å². The zero-order valence-electron chi connectivity index (χ0n) is 9.13. The second kappa shape index (κ2) is 4.99. The summed E-state index contributed by atoms with van der Waals surface area (Å²) in [4.78, 5) is 4.27. The van der Waals surface area contributed by atoms with Crippen LogP contribution in [-0.2, 0) is 0 Å². The summed E-state index contributed by atoms with van der Waals surface area (Å²) in [6.07, 6.45) is 2.25. The van der Waals surface area contributed by atoms with E-state index in [1.165, 1.54) is 0 Å². The predicted molar refractivity (Wildman–Crippen MR) is 64.0 cm³/mol. The van der Waals surface area contributed by atoms with Crippen molar-refractivity contribution in [1.82, 2.24) is 5.32 Å². The van der Waals surface area contributed by atoms with Gasteiger partial charge in [-0.25, -0.2) is 0 Å². The largest absolute Gasteiger partial charge is 0.394 e. The summed E-state index contributed by atoms with van der Waals surface area (Å²) in [5, 5.41) is 12.3. The van der Waals surface area contributed by atoms with Gasteiger partial charge in [-0.15, -0.1) is 0 Å². The van der Waals surface area contributed by atoms with E-state index in [9.17, 15) is 5.11 Å². The van der Waals surface area contributed by atoms with Crippen LogP contribution >= 0.6 is 0 Å². The van der Waals surface area contributed by atoms with Crippen molar-refractivity contribution >= 4 is 5.96 Å². The summed E-state index contributed by atoms with van der Waals surface area (Å²) in [5.74, 6) is 0.422. The molecular formula is C12H17N3O. The highest BCUT2D eigenvalue weighted by atomic mass is 16.3. The van der Waals surface area contributed by atoms with E-state index in [1.54, 1.807) is 0 Å². The number of guanidine groups is 1. The van der Waals surface area contributed by atoms with Crippen molar-refractivity contribution in [1.29, 1.82) is 0 Å². The SMILES string of the molecule is NC(=NC1CC1)NC(CO)c1ccccc1. The molecule has 0 bridgehead atoms. The van der Waals surface area contributed by atoms with E-state index in [0.717, 1.165) is 18.4 Å². The van der Waals surface area contributed by atoms with Gasteiger partial charge in [0.25, 0.3) is 0 Å². The Morgan fingerprint density at radius 1 is 1.44 bits per heavy atom. The lowest BCUT2D eigenvalue weighted by molar-refractivity contribution is 0.257. The molecule has 0 amide bonds. The van der Waals surface area contributed by atoms with Crippen LogP contribution < -0.4 is 11.1 Å². The minimum Gasteiger partial charge on any atom is -0.394 e. The number of hydrogen-bond acceptors (Lipinski definition) is 2. The molecule has 0 radical (unpaired) electrons. The second-order valence-corrected chi connectivity index (χ2v) is 4.04. The fraction of sp³-hybridized carbons (Fsp3) is 0.417. The Bertz CT molecular complexity index is 360. The number of hydrogen-bond donors (Lipinski definition) is 3. The average Bonchev–Trinajstić information content (AvgIpc) is 3.11. The molecule has 4 nitrogen and oxygen atoms in total. The molecule has 1 aromatic carbocycles. The van der Waals surface area contributed by atoms with Crippen LogP contribution in [0.5, 0.6) is 0 Å². The number of aliphatic hydroxyl groups excluding tert-OH is 1. The van der Waals surface area contributed by atoms with Crippen LogP contribution in [0.15, 0.2) is 35.3 Å². The standard InChI is InChI=1S/C12H17N3O/c13-12(14-10-6-7-10)15-11(8-16)9-4-2-1-3-5-9/h1-5,10-11,16H,6-8H2,(H3,13,14,15). The number of nitrogens with one attached hydrogen (secondary N) is 1. The molecule has 1 fully saturated rings. The lowest BCUT2D eigenvalue weighted by Crippen LogP contribution is -2.36. The molecule has 1 saturated carbocycles. The fourth-order valence-electron chi connectivity index (χ4n) is 1.54. The van der Waals surface area contributed by atoms with Crippen LogP contribution in [0, 0.1) is 0 Å². The summed E-state index contributed by atoms with van der Waals surface area (Å²) in [5.41, 5.74) is 6.77. The van der Waals surface area contributed by atoms with Gasteiger partial charge in [-0.3, -0.25) is 4.99 Å². The highest BCUT2D eigenvalue weighted by Crippen LogP contribution is 2.23. The Morgan fingerprint density at radius 2 is 2.12 bits per heavy atom. The number of nitrogens with two attached hydrogens (primary N) is 1. The van der Waals surface area contributed by atoms with Crippen LogP contribution in [0.1, 0.15) is 24.4 Å².